The first kappa shape index (κ1) is 12.0. The Morgan fingerprint density at radius 1 is 1.00 bits per heavy atom. The van der Waals surface area contributed by atoms with Gasteiger partial charge in [-0.25, -0.2) is 0 Å². The molecule has 0 aromatic carbocycles. The molecule has 0 aliphatic heterocycles. The summed E-state index contributed by atoms with van der Waals surface area (Å²) in [6.07, 6.45) is 1.36. The highest BCUT2D eigenvalue weighted by atomic mass is 35.5. The van der Waals surface area contributed by atoms with Crippen LogP contribution in [0.3, 0.4) is 0 Å². The molecule has 0 aromatic heterocycles. The van der Waals surface area contributed by atoms with E-state index in [0.717, 1.165) is 11.8 Å². The zero-order valence-electron chi connectivity index (χ0n) is 6.69. The molecule has 0 aliphatic carbocycles. The largest absolute Gasteiger partial charge is 0.295 e. The summed E-state index contributed by atoms with van der Waals surface area (Å²) in [6.45, 7) is 9.06. The smallest absolute Gasteiger partial charge is 0.0579 e. The Morgan fingerprint density at radius 2 is 1.22 bits per heavy atom. The summed E-state index contributed by atoms with van der Waals surface area (Å²) < 4.78 is 6.47. The first-order valence-electron chi connectivity index (χ1n) is 3.29. The second-order valence-electron chi connectivity index (χ2n) is 3.02. The minimum absolute atomic E-state index is 0.875. The maximum Gasteiger partial charge on any atom is 0.0579 e. The molecule has 1 nitrogen and oxygen atoms in total. The van der Waals surface area contributed by atoms with E-state index in [1.165, 1.54) is 6.42 Å². The lowest BCUT2D eigenvalue weighted by atomic mass is 10.0. The summed E-state index contributed by atoms with van der Waals surface area (Å²) >= 11 is 3.64. The summed E-state index contributed by atoms with van der Waals surface area (Å²) in [5.41, 5.74) is 0. The molecule has 58 valence electrons. The van der Waals surface area contributed by atoms with Gasteiger partial charge in [0.25, 0.3) is 0 Å². The quantitative estimate of drug-likeness (QED) is 0.645. The van der Waals surface area contributed by atoms with Gasteiger partial charge in [0.15, 0.2) is 0 Å². The highest BCUT2D eigenvalue weighted by molar-refractivity contribution is 6.04. The van der Waals surface area contributed by atoms with Crippen LogP contribution in [0.25, 0.3) is 0 Å². The summed E-state index contributed by atoms with van der Waals surface area (Å²) in [6, 6.07) is 0. The van der Waals surface area contributed by atoms with Crippen molar-refractivity contribution in [3.8, 4) is 0 Å². The van der Waals surface area contributed by atoms with E-state index in [1.807, 2.05) is 0 Å². The van der Waals surface area contributed by atoms with Gasteiger partial charge < -0.3 is 0 Å². The summed E-state index contributed by atoms with van der Waals surface area (Å²) in [5, 5.41) is 0. The molecule has 0 spiro atoms. The van der Waals surface area contributed by atoms with E-state index in [1.54, 1.807) is 0 Å². The Balaban J connectivity index is 0. The average molecular weight is 153 g/mol. The minimum atomic E-state index is 0.875. The van der Waals surface area contributed by atoms with Crippen molar-refractivity contribution in [2.45, 2.75) is 34.1 Å². The Hall–Kier alpha value is 0.250. The SMILES string of the molecule is CC(C)CC(C)C.OCl. The summed E-state index contributed by atoms with van der Waals surface area (Å²) in [7, 11) is 0. The topological polar surface area (TPSA) is 20.2 Å². The summed E-state index contributed by atoms with van der Waals surface area (Å²) in [5.74, 6) is 1.75. The van der Waals surface area contributed by atoms with Gasteiger partial charge >= 0.3 is 0 Å². The molecule has 0 saturated heterocycles. The molecule has 0 aliphatic rings. The molecule has 0 rings (SSSR count). The van der Waals surface area contributed by atoms with Crippen LogP contribution in [0.4, 0.5) is 0 Å². The zero-order chi connectivity index (χ0) is 7.86. The third-order valence-corrected chi connectivity index (χ3v) is 0.943. The van der Waals surface area contributed by atoms with Crippen LogP contribution in [0.15, 0.2) is 0 Å². The van der Waals surface area contributed by atoms with Crippen molar-refractivity contribution in [1.29, 1.82) is 0 Å². The molecule has 0 amide bonds. The van der Waals surface area contributed by atoms with E-state index >= 15 is 0 Å². The van der Waals surface area contributed by atoms with E-state index in [0.29, 0.717) is 0 Å². The number of hydrogen-bond acceptors (Lipinski definition) is 1. The van der Waals surface area contributed by atoms with Crippen molar-refractivity contribution in [1.82, 2.24) is 0 Å². The minimum Gasteiger partial charge on any atom is -0.295 e. The molecule has 0 saturated carbocycles. The molecule has 9 heavy (non-hydrogen) atoms. The van der Waals surface area contributed by atoms with E-state index in [2.05, 4.69) is 39.6 Å². The van der Waals surface area contributed by atoms with Gasteiger partial charge in [0.05, 0.1) is 11.9 Å². The van der Waals surface area contributed by atoms with Crippen LogP contribution in [0.1, 0.15) is 34.1 Å². The first-order chi connectivity index (χ1) is 4.13. The van der Waals surface area contributed by atoms with E-state index in [-0.39, 0.29) is 0 Å². The second kappa shape index (κ2) is 8.25. The fourth-order valence-electron chi connectivity index (χ4n) is 0.943. The molecular formula is C7H17ClO. The lowest BCUT2D eigenvalue weighted by Crippen LogP contribution is -1.93. The van der Waals surface area contributed by atoms with Crippen LogP contribution in [0.5, 0.6) is 0 Å². The summed E-state index contributed by atoms with van der Waals surface area (Å²) in [4.78, 5) is 0. The molecule has 2 heteroatoms. The highest BCUT2D eigenvalue weighted by Gasteiger charge is 1.95. The average Bonchev–Trinajstić information content (AvgIpc) is 1.68. The van der Waals surface area contributed by atoms with Crippen LogP contribution >= 0.6 is 11.9 Å². The standard InChI is InChI=1S/C7H16.ClHO/c1-6(2)5-7(3)4;1-2/h6-7H,5H2,1-4H3;2H. The molecule has 0 heterocycles. The zero-order valence-corrected chi connectivity index (χ0v) is 7.44. The molecule has 0 atom stereocenters. The molecule has 0 unspecified atom stereocenters. The third-order valence-electron chi connectivity index (χ3n) is 0.943. The maximum absolute atomic E-state index is 6.47. The van der Waals surface area contributed by atoms with Gasteiger partial charge in [0.1, 0.15) is 0 Å². The molecule has 0 aromatic rings. The molecule has 0 fully saturated rings. The van der Waals surface area contributed by atoms with Crippen LogP contribution in [-0.4, -0.2) is 4.66 Å². The van der Waals surface area contributed by atoms with Crippen LogP contribution < -0.4 is 0 Å². The van der Waals surface area contributed by atoms with Gasteiger partial charge in [-0.05, 0) is 18.3 Å². The van der Waals surface area contributed by atoms with Crippen molar-refractivity contribution >= 4 is 11.9 Å². The lowest BCUT2D eigenvalue weighted by molar-refractivity contribution is 0.469. The third kappa shape index (κ3) is 17.8. The van der Waals surface area contributed by atoms with E-state index < -0.39 is 0 Å². The van der Waals surface area contributed by atoms with Crippen molar-refractivity contribution in [3.63, 3.8) is 0 Å². The molecule has 1 N–H and O–H groups in total. The first-order valence-corrected chi connectivity index (χ1v) is 3.63. The normalized spacial score (nSPS) is 9.33. The van der Waals surface area contributed by atoms with Gasteiger partial charge in [-0.1, -0.05) is 27.7 Å². The Morgan fingerprint density at radius 3 is 1.22 bits per heavy atom. The van der Waals surface area contributed by atoms with Crippen molar-refractivity contribution in [2.75, 3.05) is 0 Å². The number of rotatable bonds is 2. The van der Waals surface area contributed by atoms with E-state index in [4.69, 9.17) is 4.66 Å². The van der Waals surface area contributed by atoms with Crippen LogP contribution in [0.2, 0.25) is 0 Å². The monoisotopic (exact) mass is 152 g/mol. The highest BCUT2D eigenvalue weighted by Crippen LogP contribution is 2.08. The predicted molar refractivity (Wildman–Crippen MR) is 42.4 cm³/mol. The van der Waals surface area contributed by atoms with Crippen LogP contribution in [-0.2, 0) is 0 Å². The van der Waals surface area contributed by atoms with E-state index in [9.17, 15) is 0 Å². The lowest BCUT2D eigenvalue weighted by Gasteiger charge is -2.05. The van der Waals surface area contributed by atoms with Crippen LogP contribution in [0, 0.1) is 11.8 Å². The number of hydrogen-bond donors (Lipinski definition) is 1. The second-order valence-corrected chi connectivity index (χ2v) is 3.02. The maximum atomic E-state index is 6.47. The van der Waals surface area contributed by atoms with Crippen molar-refractivity contribution in [3.05, 3.63) is 0 Å². The van der Waals surface area contributed by atoms with Gasteiger partial charge in [0.2, 0.25) is 0 Å². The Bertz CT molecular complexity index is 38.2. The fraction of sp³-hybridized carbons (Fsp3) is 1.00. The predicted octanol–water partition coefficient (Wildman–Crippen LogP) is 2.82. The Kier molecular flexibility index (Phi) is 11.0. The Labute approximate surface area is 63.2 Å². The fourth-order valence-corrected chi connectivity index (χ4v) is 0.943. The van der Waals surface area contributed by atoms with Gasteiger partial charge in [-0.3, -0.25) is 4.66 Å². The molecule has 0 radical (unpaired) electrons. The number of halogens is 1. The molecule has 0 bridgehead atoms. The van der Waals surface area contributed by atoms with Gasteiger partial charge in [0, 0.05) is 0 Å². The van der Waals surface area contributed by atoms with Gasteiger partial charge in [-0.15, -0.1) is 0 Å². The van der Waals surface area contributed by atoms with Crippen molar-refractivity contribution < 1.29 is 4.66 Å². The van der Waals surface area contributed by atoms with Crippen molar-refractivity contribution in [2.24, 2.45) is 11.8 Å². The molecular weight excluding hydrogens is 136 g/mol. The van der Waals surface area contributed by atoms with Gasteiger partial charge in [-0.2, -0.15) is 0 Å².